The molecular formula is C25H40N2O8S. The van der Waals surface area contributed by atoms with Gasteiger partial charge in [-0.15, -0.1) is 0 Å². The molecule has 1 aromatic carbocycles. The number of amides is 2. The van der Waals surface area contributed by atoms with E-state index in [0.29, 0.717) is 10.7 Å². The summed E-state index contributed by atoms with van der Waals surface area (Å²) in [6.45, 7) is 9.46. The van der Waals surface area contributed by atoms with E-state index in [0.717, 1.165) is 5.56 Å². The van der Waals surface area contributed by atoms with Crippen LogP contribution in [0, 0.1) is 11.8 Å². The van der Waals surface area contributed by atoms with Gasteiger partial charge in [0.05, 0.1) is 11.8 Å². The van der Waals surface area contributed by atoms with E-state index in [2.05, 4.69) is 5.32 Å². The summed E-state index contributed by atoms with van der Waals surface area (Å²) >= 11 is 0. The van der Waals surface area contributed by atoms with Crippen molar-refractivity contribution >= 4 is 28.0 Å². The SMILES string of the molecule is CC[C@H](C)C(CS(=O)(=O)N(C(=O)C(C)Cc1ccccc1)[C@@H](CCO)C(=O)O)NC(=O)OC(C)(C)C. The Kier molecular flexibility index (Phi) is 11.8. The second kappa shape index (κ2) is 13.6. The van der Waals surface area contributed by atoms with Gasteiger partial charge < -0.3 is 20.3 Å². The quantitative estimate of drug-likeness (QED) is 0.354. The number of carbonyl (C=O) groups is 3. The Morgan fingerprint density at radius 3 is 2.17 bits per heavy atom. The third-order valence-corrected chi connectivity index (χ3v) is 7.53. The van der Waals surface area contributed by atoms with Gasteiger partial charge in [-0.05, 0) is 38.7 Å². The van der Waals surface area contributed by atoms with Crippen LogP contribution >= 0.6 is 0 Å². The van der Waals surface area contributed by atoms with Crippen LogP contribution in [0.2, 0.25) is 0 Å². The Labute approximate surface area is 214 Å². The Hall–Kier alpha value is -2.66. The van der Waals surface area contributed by atoms with Crippen LogP contribution in [0.3, 0.4) is 0 Å². The van der Waals surface area contributed by atoms with Crippen LogP contribution in [0.5, 0.6) is 0 Å². The molecule has 0 aromatic heterocycles. The van der Waals surface area contributed by atoms with Gasteiger partial charge in [-0.2, -0.15) is 0 Å². The molecule has 0 saturated heterocycles. The first kappa shape index (κ1) is 31.4. The van der Waals surface area contributed by atoms with Gasteiger partial charge in [0.2, 0.25) is 15.9 Å². The number of benzene rings is 1. The maximum absolute atomic E-state index is 13.6. The van der Waals surface area contributed by atoms with Crippen LogP contribution in [-0.4, -0.2) is 71.0 Å². The number of ether oxygens (including phenoxy) is 1. The van der Waals surface area contributed by atoms with Crippen LogP contribution in [0.15, 0.2) is 30.3 Å². The summed E-state index contributed by atoms with van der Waals surface area (Å²) in [6, 6.07) is 6.21. The second-order valence-electron chi connectivity index (χ2n) is 10.0. The van der Waals surface area contributed by atoms with E-state index in [1.807, 2.05) is 6.92 Å². The highest BCUT2D eigenvalue weighted by molar-refractivity contribution is 7.89. The summed E-state index contributed by atoms with van der Waals surface area (Å²) in [5.74, 6) is -4.33. The predicted octanol–water partition coefficient (Wildman–Crippen LogP) is 2.80. The first-order valence-electron chi connectivity index (χ1n) is 12.1. The van der Waals surface area contributed by atoms with Gasteiger partial charge in [-0.1, -0.05) is 57.5 Å². The average Bonchev–Trinajstić information content (AvgIpc) is 2.76. The number of alkyl carbamates (subject to hydrolysis) is 1. The third-order valence-electron chi connectivity index (χ3n) is 5.72. The molecule has 11 heteroatoms. The normalized spacial score (nSPS) is 15.3. The summed E-state index contributed by atoms with van der Waals surface area (Å²) < 4.78 is 32.9. The highest BCUT2D eigenvalue weighted by atomic mass is 32.2. The van der Waals surface area contributed by atoms with Crippen LogP contribution in [-0.2, 0) is 30.8 Å². The van der Waals surface area contributed by atoms with Gasteiger partial charge in [-0.25, -0.2) is 22.3 Å². The lowest BCUT2D eigenvalue weighted by molar-refractivity contribution is -0.147. The maximum Gasteiger partial charge on any atom is 0.407 e. The molecule has 4 atom stereocenters. The van der Waals surface area contributed by atoms with Crippen molar-refractivity contribution in [1.29, 1.82) is 0 Å². The lowest BCUT2D eigenvalue weighted by Crippen LogP contribution is -2.55. The van der Waals surface area contributed by atoms with Gasteiger partial charge in [0.15, 0.2) is 0 Å². The predicted molar refractivity (Wildman–Crippen MR) is 136 cm³/mol. The number of aliphatic carboxylic acids is 1. The summed E-state index contributed by atoms with van der Waals surface area (Å²) in [4.78, 5) is 37.8. The number of sulfonamides is 1. The fourth-order valence-electron chi connectivity index (χ4n) is 3.62. The number of hydrogen-bond donors (Lipinski definition) is 3. The molecule has 0 heterocycles. The number of rotatable bonds is 13. The summed E-state index contributed by atoms with van der Waals surface area (Å²) in [7, 11) is -4.55. The largest absolute Gasteiger partial charge is 0.480 e. The molecule has 1 rings (SSSR count). The van der Waals surface area contributed by atoms with Gasteiger partial charge >= 0.3 is 12.1 Å². The van der Waals surface area contributed by atoms with Crippen LogP contribution in [0.25, 0.3) is 0 Å². The van der Waals surface area contributed by atoms with E-state index in [9.17, 15) is 33.0 Å². The minimum atomic E-state index is -4.55. The number of nitrogens with zero attached hydrogens (tertiary/aromatic N) is 1. The smallest absolute Gasteiger partial charge is 0.407 e. The summed E-state index contributed by atoms with van der Waals surface area (Å²) in [5, 5.41) is 21.8. The molecule has 1 aromatic rings. The highest BCUT2D eigenvalue weighted by Gasteiger charge is 2.42. The molecule has 0 spiro atoms. The summed E-state index contributed by atoms with van der Waals surface area (Å²) in [5.41, 5.74) is -0.0262. The third kappa shape index (κ3) is 9.77. The fraction of sp³-hybridized carbons (Fsp3) is 0.640. The Morgan fingerprint density at radius 2 is 1.69 bits per heavy atom. The fourth-order valence-corrected chi connectivity index (χ4v) is 5.68. The molecule has 204 valence electrons. The van der Waals surface area contributed by atoms with Crippen molar-refractivity contribution in [3.63, 3.8) is 0 Å². The maximum atomic E-state index is 13.6. The number of aliphatic hydroxyl groups is 1. The van der Waals surface area contributed by atoms with Gasteiger partial charge in [0.25, 0.3) is 0 Å². The molecule has 3 N–H and O–H groups in total. The van der Waals surface area contributed by atoms with Crippen LogP contribution < -0.4 is 5.32 Å². The molecular weight excluding hydrogens is 488 g/mol. The number of carboxylic acid groups (broad SMARTS) is 1. The van der Waals surface area contributed by atoms with E-state index in [-0.39, 0.29) is 12.3 Å². The van der Waals surface area contributed by atoms with E-state index in [1.54, 1.807) is 58.0 Å². The van der Waals surface area contributed by atoms with E-state index in [4.69, 9.17) is 4.74 Å². The molecule has 0 radical (unpaired) electrons. The molecule has 0 aliphatic rings. The van der Waals surface area contributed by atoms with E-state index < -0.39 is 70.4 Å². The molecule has 36 heavy (non-hydrogen) atoms. The Morgan fingerprint density at radius 1 is 1.11 bits per heavy atom. The molecule has 2 amide bonds. The van der Waals surface area contributed by atoms with Gasteiger partial charge in [-0.3, -0.25) is 4.79 Å². The first-order chi connectivity index (χ1) is 16.6. The zero-order valence-electron chi connectivity index (χ0n) is 21.9. The standard InChI is InChI=1S/C25H40N2O8S/c1-7-17(2)20(26-24(32)35-25(4,5)6)16-36(33,34)27(21(13-14-28)23(30)31)22(29)18(3)15-19-11-9-8-10-12-19/h8-12,17-18,20-21,28H,7,13-16H2,1-6H3,(H,26,32)(H,30,31)/t17-,18?,20?,21-/m0/s1. The summed E-state index contributed by atoms with van der Waals surface area (Å²) in [6.07, 6.45) is -0.579. The van der Waals surface area contributed by atoms with Crippen LogP contribution in [0.1, 0.15) is 59.9 Å². The number of carbonyl (C=O) groups excluding carboxylic acids is 2. The minimum absolute atomic E-state index is 0.197. The Balaban J connectivity index is 3.36. The number of nitrogens with one attached hydrogen (secondary N) is 1. The zero-order chi connectivity index (χ0) is 27.7. The molecule has 0 aliphatic heterocycles. The zero-order valence-corrected chi connectivity index (χ0v) is 22.7. The molecule has 10 nitrogen and oxygen atoms in total. The molecule has 0 fully saturated rings. The van der Waals surface area contributed by atoms with Crippen molar-refractivity contribution in [2.24, 2.45) is 11.8 Å². The lowest BCUT2D eigenvalue weighted by atomic mass is 10.00. The highest BCUT2D eigenvalue weighted by Crippen LogP contribution is 2.22. The van der Waals surface area contributed by atoms with Crippen molar-refractivity contribution in [3.05, 3.63) is 35.9 Å². The van der Waals surface area contributed by atoms with Crippen molar-refractivity contribution < 1.29 is 37.8 Å². The van der Waals surface area contributed by atoms with Crippen molar-refractivity contribution in [2.45, 2.75) is 78.5 Å². The number of hydrogen-bond acceptors (Lipinski definition) is 7. The molecule has 0 bridgehead atoms. The topological polar surface area (TPSA) is 150 Å². The monoisotopic (exact) mass is 528 g/mol. The van der Waals surface area contributed by atoms with Gasteiger partial charge in [0.1, 0.15) is 11.6 Å². The minimum Gasteiger partial charge on any atom is -0.480 e. The average molecular weight is 529 g/mol. The van der Waals surface area contributed by atoms with Crippen molar-refractivity contribution in [3.8, 4) is 0 Å². The Bertz CT molecular complexity index is 976. The lowest BCUT2D eigenvalue weighted by Gasteiger charge is -2.33. The van der Waals surface area contributed by atoms with Crippen molar-refractivity contribution in [2.75, 3.05) is 12.4 Å². The first-order valence-corrected chi connectivity index (χ1v) is 13.7. The van der Waals surface area contributed by atoms with E-state index >= 15 is 0 Å². The van der Waals surface area contributed by atoms with Crippen LogP contribution in [0.4, 0.5) is 4.79 Å². The van der Waals surface area contributed by atoms with Crippen molar-refractivity contribution in [1.82, 2.24) is 9.62 Å². The molecule has 2 unspecified atom stereocenters. The van der Waals surface area contributed by atoms with E-state index in [1.165, 1.54) is 6.92 Å². The second-order valence-corrected chi connectivity index (χ2v) is 11.9. The van der Waals surface area contributed by atoms with Gasteiger partial charge in [0, 0.05) is 18.9 Å². The number of carboxylic acids is 1. The molecule has 0 saturated carbocycles. The molecule has 0 aliphatic carbocycles. The number of aliphatic hydroxyl groups excluding tert-OH is 1.